The number of anilines is 1. The van der Waals surface area contributed by atoms with Gasteiger partial charge in [0.1, 0.15) is 0 Å². The fourth-order valence-corrected chi connectivity index (χ4v) is 3.09. The fraction of sp³-hybridized carbons (Fsp3) is 0.562. The van der Waals surface area contributed by atoms with Crippen molar-refractivity contribution >= 4 is 23.3 Å². The Morgan fingerprint density at radius 3 is 2.71 bits per heavy atom. The summed E-state index contributed by atoms with van der Waals surface area (Å²) in [6.45, 7) is 2.41. The zero-order valence-electron chi connectivity index (χ0n) is 12.5. The van der Waals surface area contributed by atoms with Gasteiger partial charge in [-0.2, -0.15) is 0 Å². The van der Waals surface area contributed by atoms with E-state index in [1.54, 1.807) is 6.07 Å². The Labute approximate surface area is 131 Å². The lowest BCUT2D eigenvalue weighted by atomic mass is 9.84. The number of benzene rings is 1. The molecule has 0 saturated heterocycles. The number of urea groups is 1. The zero-order chi connectivity index (χ0) is 15.2. The monoisotopic (exact) mass is 309 g/mol. The van der Waals surface area contributed by atoms with Gasteiger partial charge in [-0.25, -0.2) is 4.79 Å². The van der Waals surface area contributed by atoms with Gasteiger partial charge >= 0.3 is 6.03 Å². The smallest absolute Gasteiger partial charge is 0.319 e. The molecule has 2 amide bonds. The molecule has 21 heavy (non-hydrogen) atoms. The molecule has 1 aliphatic carbocycles. The summed E-state index contributed by atoms with van der Waals surface area (Å²) < 4.78 is 0. The second-order valence-electron chi connectivity index (χ2n) is 5.80. The van der Waals surface area contributed by atoms with E-state index in [9.17, 15) is 4.79 Å². The number of nitrogens with two attached hydrogens (primary N) is 1. The first-order chi connectivity index (χ1) is 10.1. The molecule has 0 bridgehead atoms. The van der Waals surface area contributed by atoms with Gasteiger partial charge in [-0.3, -0.25) is 0 Å². The number of carbonyl (C=O) groups excluding carboxylic acids is 1. The molecule has 4 nitrogen and oxygen atoms in total. The maximum atomic E-state index is 12.1. The number of nitrogens with one attached hydrogen (secondary N) is 2. The SMILES string of the molecule is Cc1ccc(NC(=O)NC(CN)C2CCCCC2)cc1Cl. The van der Waals surface area contributed by atoms with Crippen molar-refractivity contribution in [1.29, 1.82) is 0 Å². The Balaban J connectivity index is 1.91. The van der Waals surface area contributed by atoms with Gasteiger partial charge in [0.05, 0.1) is 0 Å². The Bertz CT molecular complexity index is 486. The van der Waals surface area contributed by atoms with Crippen molar-refractivity contribution in [3.05, 3.63) is 28.8 Å². The van der Waals surface area contributed by atoms with Crippen LogP contribution in [0.1, 0.15) is 37.7 Å². The topological polar surface area (TPSA) is 67.2 Å². The van der Waals surface area contributed by atoms with E-state index >= 15 is 0 Å². The molecule has 5 heteroatoms. The lowest BCUT2D eigenvalue weighted by Crippen LogP contribution is -2.47. The number of rotatable bonds is 4. The maximum Gasteiger partial charge on any atom is 0.319 e. The number of amides is 2. The quantitative estimate of drug-likeness (QED) is 0.794. The van der Waals surface area contributed by atoms with E-state index < -0.39 is 0 Å². The molecule has 1 aliphatic rings. The van der Waals surface area contributed by atoms with Gasteiger partial charge < -0.3 is 16.4 Å². The minimum absolute atomic E-state index is 0.0474. The second kappa shape index (κ2) is 7.66. The number of carbonyl (C=O) groups is 1. The number of aryl methyl sites for hydroxylation is 1. The van der Waals surface area contributed by atoms with Crippen molar-refractivity contribution < 1.29 is 4.79 Å². The number of halogens is 1. The molecule has 1 fully saturated rings. The Morgan fingerprint density at radius 1 is 1.38 bits per heavy atom. The molecule has 0 aliphatic heterocycles. The van der Waals surface area contributed by atoms with Crippen LogP contribution in [0.4, 0.5) is 10.5 Å². The number of hydrogen-bond donors (Lipinski definition) is 3. The Kier molecular flexibility index (Phi) is 5.88. The normalized spacial score (nSPS) is 17.3. The van der Waals surface area contributed by atoms with Crippen LogP contribution >= 0.6 is 11.6 Å². The van der Waals surface area contributed by atoms with Crippen molar-refractivity contribution in [1.82, 2.24) is 5.32 Å². The minimum atomic E-state index is -0.212. The predicted octanol–water partition coefficient (Wildman–Crippen LogP) is 3.68. The van der Waals surface area contributed by atoms with Gasteiger partial charge in [-0.1, -0.05) is 36.9 Å². The third kappa shape index (κ3) is 4.61. The Morgan fingerprint density at radius 2 is 2.10 bits per heavy atom. The molecule has 1 aromatic carbocycles. The Hall–Kier alpha value is -1.26. The van der Waals surface area contributed by atoms with Crippen molar-refractivity contribution in [2.75, 3.05) is 11.9 Å². The van der Waals surface area contributed by atoms with Gasteiger partial charge in [-0.15, -0.1) is 0 Å². The van der Waals surface area contributed by atoms with E-state index in [1.165, 1.54) is 19.3 Å². The van der Waals surface area contributed by atoms with Gasteiger partial charge in [0.15, 0.2) is 0 Å². The van der Waals surface area contributed by atoms with Crippen LogP contribution in [0.25, 0.3) is 0 Å². The largest absolute Gasteiger partial charge is 0.334 e. The lowest BCUT2D eigenvalue weighted by molar-refractivity contribution is 0.233. The molecular weight excluding hydrogens is 286 g/mol. The average molecular weight is 310 g/mol. The molecule has 4 N–H and O–H groups in total. The van der Waals surface area contributed by atoms with E-state index in [-0.39, 0.29) is 12.1 Å². The van der Waals surface area contributed by atoms with Crippen LogP contribution < -0.4 is 16.4 Å². The predicted molar refractivity (Wildman–Crippen MR) is 87.8 cm³/mol. The highest BCUT2D eigenvalue weighted by Crippen LogP contribution is 2.26. The van der Waals surface area contributed by atoms with Crippen LogP contribution in [-0.2, 0) is 0 Å². The van der Waals surface area contributed by atoms with Gasteiger partial charge in [0, 0.05) is 23.3 Å². The van der Waals surface area contributed by atoms with Gasteiger partial charge in [0.25, 0.3) is 0 Å². The van der Waals surface area contributed by atoms with E-state index in [0.717, 1.165) is 18.4 Å². The molecule has 0 aromatic heterocycles. The molecule has 1 aromatic rings. The summed E-state index contributed by atoms with van der Waals surface area (Å²) in [4.78, 5) is 12.1. The molecule has 2 rings (SSSR count). The van der Waals surface area contributed by atoms with Gasteiger partial charge in [-0.05, 0) is 43.4 Å². The summed E-state index contributed by atoms with van der Waals surface area (Å²) >= 11 is 6.06. The highest BCUT2D eigenvalue weighted by molar-refractivity contribution is 6.31. The van der Waals surface area contributed by atoms with Crippen LogP contribution in [0.2, 0.25) is 5.02 Å². The molecule has 1 unspecified atom stereocenters. The van der Waals surface area contributed by atoms with Crippen LogP contribution in [0.5, 0.6) is 0 Å². The third-order valence-corrected chi connectivity index (χ3v) is 4.63. The van der Waals surface area contributed by atoms with E-state index in [4.69, 9.17) is 17.3 Å². The summed E-state index contributed by atoms with van der Waals surface area (Å²) in [7, 11) is 0. The van der Waals surface area contributed by atoms with Crippen molar-refractivity contribution in [2.24, 2.45) is 11.7 Å². The summed E-state index contributed by atoms with van der Waals surface area (Å²) in [5, 5.41) is 6.47. The first-order valence-corrected chi connectivity index (χ1v) is 8.01. The molecule has 0 heterocycles. The second-order valence-corrected chi connectivity index (χ2v) is 6.21. The molecule has 0 radical (unpaired) electrons. The van der Waals surface area contributed by atoms with E-state index in [0.29, 0.717) is 23.2 Å². The molecule has 1 saturated carbocycles. The summed E-state index contributed by atoms with van der Waals surface area (Å²) in [6.07, 6.45) is 6.06. The maximum absolute atomic E-state index is 12.1. The standard InChI is InChI=1S/C16H24ClN3O/c1-11-7-8-13(9-14(11)17)19-16(21)20-15(10-18)12-5-3-2-4-6-12/h7-9,12,15H,2-6,10,18H2,1H3,(H2,19,20,21). The summed E-state index contributed by atoms with van der Waals surface area (Å²) in [5.74, 6) is 0.496. The van der Waals surface area contributed by atoms with Crippen molar-refractivity contribution in [2.45, 2.75) is 45.1 Å². The number of hydrogen-bond acceptors (Lipinski definition) is 2. The van der Waals surface area contributed by atoms with Crippen LogP contribution in [0, 0.1) is 12.8 Å². The van der Waals surface area contributed by atoms with Crippen molar-refractivity contribution in [3.8, 4) is 0 Å². The highest BCUT2D eigenvalue weighted by atomic mass is 35.5. The average Bonchev–Trinajstić information content (AvgIpc) is 2.49. The van der Waals surface area contributed by atoms with Crippen LogP contribution in [0.3, 0.4) is 0 Å². The first kappa shape index (κ1) is 16.1. The molecule has 116 valence electrons. The lowest BCUT2D eigenvalue weighted by Gasteiger charge is -2.30. The highest BCUT2D eigenvalue weighted by Gasteiger charge is 2.23. The first-order valence-electron chi connectivity index (χ1n) is 7.64. The van der Waals surface area contributed by atoms with Gasteiger partial charge in [0.2, 0.25) is 0 Å². The fourth-order valence-electron chi connectivity index (χ4n) is 2.91. The molecule has 0 spiro atoms. The third-order valence-electron chi connectivity index (χ3n) is 4.22. The van der Waals surface area contributed by atoms with E-state index in [2.05, 4.69) is 10.6 Å². The minimum Gasteiger partial charge on any atom is -0.334 e. The summed E-state index contributed by atoms with van der Waals surface area (Å²) in [5.41, 5.74) is 7.51. The molecule has 1 atom stereocenters. The van der Waals surface area contributed by atoms with Crippen LogP contribution in [0.15, 0.2) is 18.2 Å². The van der Waals surface area contributed by atoms with Crippen molar-refractivity contribution in [3.63, 3.8) is 0 Å². The molecular formula is C16H24ClN3O. The van der Waals surface area contributed by atoms with Crippen LogP contribution in [-0.4, -0.2) is 18.6 Å². The van der Waals surface area contributed by atoms with E-state index in [1.807, 2.05) is 19.1 Å². The summed E-state index contributed by atoms with van der Waals surface area (Å²) in [6, 6.07) is 5.33. The zero-order valence-corrected chi connectivity index (χ0v) is 13.2.